The van der Waals surface area contributed by atoms with E-state index in [1.54, 1.807) is 36.4 Å². The Bertz CT molecular complexity index is 700. The first-order valence-corrected chi connectivity index (χ1v) is 6.39. The largest absolute Gasteiger partial charge is 0.481 e. The molecule has 1 amide bonds. The zero-order valence-corrected chi connectivity index (χ0v) is 11.1. The number of anilines is 2. The van der Waals surface area contributed by atoms with Crippen LogP contribution in [0, 0.1) is 0 Å². The fourth-order valence-electron chi connectivity index (χ4n) is 2.05. The van der Waals surface area contributed by atoms with Crippen molar-refractivity contribution in [1.82, 2.24) is 0 Å². The molecule has 0 aliphatic carbocycles. The Labute approximate surface area is 121 Å². The van der Waals surface area contributed by atoms with Gasteiger partial charge in [0.15, 0.2) is 12.4 Å². The Morgan fingerprint density at radius 2 is 2.19 bits per heavy atom. The van der Waals surface area contributed by atoms with Gasteiger partial charge in [-0.2, -0.15) is 0 Å². The number of amides is 1. The van der Waals surface area contributed by atoms with Crippen molar-refractivity contribution in [1.29, 1.82) is 0 Å². The molecule has 1 aliphatic rings. The minimum Gasteiger partial charge on any atom is -0.481 e. The van der Waals surface area contributed by atoms with E-state index >= 15 is 0 Å². The number of aliphatic hydroxyl groups is 1. The Kier molecular flexibility index (Phi) is 3.37. The smallest absolute Gasteiger partial charge is 0.262 e. The second-order valence-electron chi connectivity index (χ2n) is 4.63. The Hall–Kier alpha value is -2.73. The first kappa shape index (κ1) is 13.3. The summed E-state index contributed by atoms with van der Waals surface area (Å²) in [5.74, 6) is 1.26. The molecule has 0 unspecified atom stereocenters. The molecule has 2 aromatic rings. The maximum absolute atomic E-state index is 11.3. The molecule has 1 heterocycles. The van der Waals surface area contributed by atoms with Crippen LogP contribution < -0.4 is 20.5 Å². The highest BCUT2D eigenvalue weighted by atomic mass is 16.5. The van der Waals surface area contributed by atoms with Gasteiger partial charge < -0.3 is 25.6 Å². The molecule has 0 aromatic heterocycles. The van der Waals surface area contributed by atoms with Gasteiger partial charge >= 0.3 is 0 Å². The maximum Gasteiger partial charge on any atom is 0.262 e. The van der Waals surface area contributed by atoms with Crippen molar-refractivity contribution in [3.63, 3.8) is 0 Å². The van der Waals surface area contributed by atoms with Crippen LogP contribution in [-0.4, -0.2) is 17.6 Å². The Morgan fingerprint density at radius 1 is 1.33 bits per heavy atom. The van der Waals surface area contributed by atoms with Gasteiger partial charge in [0.05, 0.1) is 18.0 Å². The number of aliphatic hydroxyl groups excluding tert-OH is 1. The maximum atomic E-state index is 11.3. The Balaban J connectivity index is 1.91. The fraction of sp³-hybridized carbons (Fsp3) is 0.133. The van der Waals surface area contributed by atoms with Crippen molar-refractivity contribution in [2.24, 2.45) is 0 Å². The van der Waals surface area contributed by atoms with Crippen molar-refractivity contribution in [3.8, 4) is 17.2 Å². The number of rotatable bonds is 3. The second-order valence-corrected chi connectivity index (χ2v) is 4.63. The minimum atomic E-state index is -0.222. The molecule has 0 bridgehead atoms. The minimum absolute atomic E-state index is 0.0226. The van der Waals surface area contributed by atoms with E-state index in [1.165, 1.54) is 0 Å². The van der Waals surface area contributed by atoms with Gasteiger partial charge in [-0.3, -0.25) is 4.79 Å². The number of carbonyl (C=O) groups excluding carboxylic acids is 1. The third kappa shape index (κ3) is 2.75. The van der Waals surface area contributed by atoms with Gasteiger partial charge in [0.1, 0.15) is 11.5 Å². The molecule has 1 aliphatic heterocycles. The van der Waals surface area contributed by atoms with Gasteiger partial charge in [-0.05, 0) is 17.7 Å². The fourth-order valence-corrected chi connectivity index (χ4v) is 2.05. The van der Waals surface area contributed by atoms with Gasteiger partial charge in [0, 0.05) is 12.1 Å². The van der Waals surface area contributed by atoms with Crippen LogP contribution >= 0.6 is 0 Å². The number of ether oxygens (including phenoxy) is 2. The zero-order valence-electron chi connectivity index (χ0n) is 11.1. The molecule has 0 atom stereocenters. The van der Waals surface area contributed by atoms with Gasteiger partial charge in [0.2, 0.25) is 0 Å². The lowest BCUT2D eigenvalue weighted by molar-refractivity contribution is -0.118. The number of nitrogens with two attached hydrogens (primary N) is 1. The van der Waals surface area contributed by atoms with E-state index in [2.05, 4.69) is 5.32 Å². The van der Waals surface area contributed by atoms with Gasteiger partial charge in [-0.15, -0.1) is 0 Å². The number of hydrogen-bond donors (Lipinski definition) is 3. The molecule has 2 aromatic carbocycles. The van der Waals surface area contributed by atoms with Crippen molar-refractivity contribution in [2.75, 3.05) is 17.7 Å². The number of benzene rings is 2. The van der Waals surface area contributed by atoms with E-state index in [1.807, 2.05) is 0 Å². The van der Waals surface area contributed by atoms with Crippen molar-refractivity contribution in [2.45, 2.75) is 6.61 Å². The summed E-state index contributed by atoms with van der Waals surface area (Å²) in [6.45, 7) is -0.0913. The number of nitrogens with one attached hydrogen (secondary N) is 1. The summed E-state index contributed by atoms with van der Waals surface area (Å²) in [4.78, 5) is 11.3. The van der Waals surface area contributed by atoms with Crippen LogP contribution in [0.1, 0.15) is 5.56 Å². The highest BCUT2D eigenvalue weighted by Gasteiger charge is 2.18. The normalized spacial score (nSPS) is 13.1. The molecule has 108 valence electrons. The lowest BCUT2D eigenvalue weighted by Gasteiger charge is -2.20. The van der Waals surface area contributed by atoms with Crippen LogP contribution in [0.5, 0.6) is 17.2 Å². The lowest BCUT2D eigenvalue weighted by atomic mass is 10.2. The average Bonchev–Trinajstić information content (AvgIpc) is 2.49. The summed E-state index contributed by atoms with van der Waals surface area (Å²) in [7, 11) is 0. The molecule has 0 saturated carbocycles. The summed E-state index contributed by atoms with van der Waals surface area (Å²) >= 11 is 0. The number of carbonyl (C=O) groups is 1. The van der Waals surface area contributed by atoms with Gasteiger partial charge in [-0.25, -0.2) is 0 Å². The van der Waals surface area contributed by atoms with E-state index in [-0.39, 0.29) is 19.1 Å². The molecule has 0 spiro atoms. The first-order chi connectivity index (χ1) is 10.2. The topological polar surface area (TPSA) is 93.8 Å². The molecule has 21 heavy (non-hydrogen) atoms. The number of nitrogen functional groups attached to an aromatic ring is 1. The quantitative estimate of drug-likeness (QED) is 0.749. The zero-order chi connectivity index (χ0) is 14.8. The van der Waals surface area contributed by atoms with E-state index in [0.29, 0.717) is 28.6 Å². The summed E-state index contributed by atoms with van der Waals surface area (Å²) < 4.78 is 11.0. The average molecular weight is 286 g/mol. The third-order valence-electron chi connectivity index (χ3n) is 3.05. The number of hydrogen-bond acceptors (Lipinski definition) is 5. The van der Waals surface area contributed by atoms with Crippen LogP contribution in [0.25, 0.3) is 0 Å². The van der Waals surface area contributed by atoms with Gasteiger partial charge in [-0.1, -0.05) is 12.1 Å². The van der Waals surface area contributed by atoms with E-state index in [9.17, 15) is 4.79 Å². The molecule has 0 radical (unpaired) electrons. The van der Waals surface area contributed by atoms with Crippen molar-refractivity contribution < 1.29 is 19.4 Å². The van der Waals surface area contributed by atoms with Crippen LogP contribution in [0.4, 0.5) is 11.4 Å². The SMILES string of the molecule is Nc1cc2c(cc1Oc1cccc(CO)c1)NC(=O)CO2. The first-order valence-electron chi connectivity index (χ1n) is 6.39. The molecular formula is C15H14N2O4. The second kappa shape index (κ2) is 5.34. The van der Waals surface area contributed by atoms with Crippen LogP contribution in [0.15, 0.2) is 36.4 Å². The lowest BCUT2D eigenvalue weighted by Crippen LogP contribution is -2.25. The van der Waals surface area contributed by atoms with E-state index in [4.69, 9.17) is 20.3 Å². The van der Waals surface area contributed by atoms with Crippen molar-refractivity contribution in [3.05, 3.63) is 42.0 Å². The molecule has 6 nitrogen and oxygen atoms in total. The van der Waals surface area contributed by atoms with Crippen molar-refractivity contribution >= 4 is 17.3 Å². The standard InChI is InChI=1S/C15H14N2O4/c16-11-5-14-12(17-15(19)8-20-14)6-13(11)21-10-3-1-2-9(4-10)7-18/h1-6,18H,7-8,16H2,(H,17,19). The summed E-state index contributed by atoms with van der Waals surface area (Å²) in [6, 6.07) is 10.3. The molecule has 0 saturated heterocycles. The van der Waals surface area contributed by atoms with Crippen LogP contribution in [0.3, 0.4) is 0 Å². The summed E-state index contributed by atoms with van der Waals surface area (Å²) in [5.41, 5.74) is 7.59. The monoisotopic (exact) mass is 286 g/mol. The highest BCUT2D eigenvalue weighted by Crippen LogP contribution is 2.38. The summed E-state index contributed by atoms with van der Waals surface area (Å²) in [5, 5.41) is 11.8. The van der Waals surface area contributed by atoms with Gasteiger partial charge in [0.25, 0.3) is 5.91 Å². The Morgan fingerprint density at radius 3 is 3.00 bits per heavy atom. The highest BCUT2D eigenvalue weighted by molar-refractivity contribution is 5.96. The number of fused-ring (bicyclic) bond motifs is 1. The predicted molar refractivity (Wildman–Crippen MR) is 77.4 cm³/mol. The molecule has 3 rings (SSSR count). The third-order valence-corrected chi connectivity index (χ3v) is 3.05. The molecule has 0 fully saturated rings. The predicted octanol–water partition coefficient (Wildman–Crippen LogP) is 1.88. The van der Waals surface area contributed by atoms with Crippen LogP contribution in [-0.2, 0) is 11.4 Å². The van der Waals surface area contributed by atoms with Crippen LogP contribution in [0.2, 0.25) is 0 Å². The van der Waals surface area contributed by atoms with E-state index < -0.39 is 0 Å². The van der Waals surface area contributed by atoms with E-state index in [0.717, 1.165) is 5.56 Å². The molecule has 6 heteroatoms. The molecular weight excluding hydrogens is 272 g/mol. The summed E-state index contributed by atoms with van der Waals surface area (Å²) in [6.07, 6.45) is 0. The molecule has 4 N–H and O–H groups in total.